The van der Waals surface area contributed by atoms with Crippen LogP contribution in [0.2, 0.25) is 0 Å². The summed E-state index contributed by atoms with van der Waals surface area (Å²) in [4.78, 5) is 9.03. The fourth-order valence-electron chi connectivity index (χ4n) is 4.25. The number of aromatic nitrogens is 2. The molecular formula is C30H48N2O. The van der Waals surface area contributed by atoms with E-state index < -0.39 is 0 Å². The second kappa shape index (κ2) is 18.5. The zero-order chi connectivity index (χ0) is 23.4. The van der Waals surface area contributed by atoms with E-state index in [0.29, 0.717) is 0 Å². The standard InChI is InChI=1S/C30H48N2O/c1-3-5-7-9-10-11-12-13-14-16-18-24-33-29-25-31-30(32-26-29)28-22-20-27(21-23-28)19-17-15-8-6-4-2/h20-23,25-26H,3-19,24H2,1-2H3. The number of unbranched alkanes of at least 4 members (excludes halogenated alkanes) is 14. The Labute approximate surface area is 203 Å². The van der Waals surface area contributed by atoms with Crippen molar-refractivity contribution in [1.29, 1.82) is 0 Å². The van der Waals surface area contributed by atoms with Crippen molar-refractivity contribution in [3.8, 4) is 17.1 Å². The molecule has 0 amide bonds. The first-order valence-electron chi connectivity index (χ1n) is 13.9. The molecule has 0 saturated carbocycles. The molecule has 0 atom stereocenters. The molecule has 33 heavy (non-hydrogen) atoms. The molecule has 0 radical (unpaired) electrons. The van der Waals surface area contributed by atoms with Gasteiger partial charge in [0, 0.05) is 5.56 Å². The highest BCUT2D eigenvalue weighted by molar-refractivity contribution is 5.55. The summed E-state index contributed by atoms with van der Waals surface area (Å²) in [6.07, 6.45) is 26.3. The van der Waals surface area contributed by atoms with Gasteiger partial charge in [-0.2, -0.15) is 0 Å². The van der Waals surface area contributed by atoms with Gasteiger partial charge >= 0.3 is 0 Å². The van der Waals surface area contributed by atoms with Crippen LogP contribution in [0.5, 0.6) is 5.75 Å². The molecule has 3 heteroatoms. The van der Waals surface area contributed by atoms with E-state index in [-0.39, 0.29) is 0 Å². The predicted molar refractivity (Wildman–Crippen MR) is 142 cm³/mol. The zero-order valence-corrected chi connectivity index (χ0v) is 21.5. The van der Waals surface area contributed by atoms with Crippen molar-refractivity contribution in [2.45, 2.75) is 123 Å². The minimum Gasteiger partial charge on any atom is -0.490 e. The van der Waals surface area contributed by atoms with Crippen LogP contribution in [-0.2, 0) is 6.42 Å². The topological polar surface area (TPSA) is 35.0 Å². The van der Waals surface area contributed by atoms with E-state index in [4.69, 9.17) is 4.74 Å². The summed E-state index contributed by atoms with van der Waals surface area (Å²) in [5.74, 6) is 1.54. The van der Waals surface area contributed by atoms with Crippen LogP contribution in [0.4, 0.5) is 0 Å². The SMILES string of the molecule is CCCCCCCCCCCCCOc1cnc(-c2ccc(CCCCCCC)cc2)nc1. The van der Waals surface area contributed by atoms with Crippen LogP contribution in [0.25, 0.3) is 11.4 Å². The lowest BCUT2D eigenvalue weighted by Crippen LogP contribution is -1.99. The molecule has 1 heterocycles. The molecular weight excluding hydrogens is 404 g/mol. The number of benzene rings is 1. The van der Waals surface area contributed by atoms with E-state index in [1.54, 1.807) is 0 Å². The Morgan fingerprint density at radius 1 is 0.576 bits per heavy atom. The average molecular weight is 453 g/mol. The molecule has 0 unspecified atom stereocenters. The van der Waals surface area contributed by atoms with Crippen molar-refractivity contribution in [2.24, 2.45) is 0 Å². The molecule has 1 aromatic carbocycles. The monoisotopic (exact) mass is 452 g/mol. The van der Waals surface area contributed by atoms with Gasteiger partial charge in [-0.3, -0.25) is 0 Å². The van der Waals surface area contributed by atoms with Crippen molar-refractivity contribution in [3.63, 3.8) is 0 Å². The summed E-state index contributed by atoms with van der Waals surface area (Å²) in [6.45, 7) is 5.30. The highest BCUT2D eigenvalue weighted by Gasteiger charge is 2.03. The van der Waals surface area contributed by atoms with E-state index in [1.165, 1.54) is 102 Å². The maximum atomic E-state index is 5.85. The first-order chi connectivity index (χ1) is 16.3. The lowest BCUT2D eigenvalue weighted by atomic mass is 10.0. The van der Waals surface area contributed by atoms with Gasteiger partial charge in [-0.1, -0.05) is 128 Å². The van der Waals surface area contributed by atoms with Crippen molar-refractivity contribution >= 4 is 0 Å². The van der Waals surface area contributed by atoms with E-state index in [2.05, 4.69) is 48.1 Å². The molecule has 3 nitrogen and oxygen atoms in total. The normalized spacial score (nSPS) is 11.1. The summed E-state index contributed by atoms with van der Waals surface area (Å²) in [5, 5.41) is 0. The molecule has 0 spiro atoms. The van der Waals surface area contributed by atoms with Crippen LogP contribution >= 0.6 is 0 Å². The minimum absolute atomic E-state index is 0.757. The Morgan fingerprint density at radius 2 is 1.06 bits per heavy atom. The van der Waals surface area contributed by atoms with Gasteiger partial charge in [-0.15, -0.1) is 0 Å². The van der Waals surface area contributed by atoms with Crippen LogP contribution in [-0.4, -0.2) is 16.6 Å². The molecule has 2 aromatic rings. The fraction of sp³-hybridized carbons (Fsp3) is 0.667. The molecule has 0 aliphatic rings. The fourth-order valence-corrected chi connectivity index (χ4v) is 4.25. The van der Waals surface area contributed by atoms with Crippen molar-refractivity contribution in [2.75, 3.05) is 6.61 Å². The van der Waals surface area contributed by atoms with E-state index in [1.807, 2.05) is 12.4 Å². The summed E-state index contributed by atoms with van der Waals surface area (Å²) in [7, 11) is 0. The Kier molecular flexibility index (Phi) is 15.3. The second-order valence-corrected chi connectivity index (χ2v) is 9.49. The van der Waals surface area contributed by atoms with Crippen molar-refractivity contribution < 1.29 is 4.74 Å². The van der Waals surface area contributed by atoms with Gasteiger partial charge in [0.1, 0.15) is 0 Å². The number of aryl methyl sites for hydroxylation is 1. The molecule has 0 bridgehead atoms. The van der Waals surface area contributed by atoms with Gasteiger partial charge in [0.15, 0.2) is 11.6 Å². The van der Waals surface area contributed by atoms with Crippen molar-refractivity contribution in [3.05, 3.63) is 42.2 Å². The first-order valence-corrected chi connectivity index (χ1v) is 13.9. The molecule has 0 aliphatic carbocycles. The maximum absolute atomic E-state index is 5.85. The molecule has 0 aliphatic heterocycles. The Bertz CT molecular complexity index is 696. The third-order valence-electron chi connectivity index (χ3n) is 6.43. The third-order valence-corrected chi connectivity index (χ3v) is 6.43. The highest BCUT2D eigenvalue weighted by atomic mass is 16.5. The summed E-state index contributed by atoms with van der Waals surface area (Å²) >= 11 is 0. The average Bonchev–Trinajstić information content (AvgIpc) is 2.85. The van der Waals surface area contributed by atoms with Crippen LogP contribution in [0.15, 0.2) is 36.7 Å². The quantitative estimate of drug-likeness (QED) is 0.188. The zero-order valence-electron chi connectivity index (χ0n) is 21.5. The molecule has 0 saturated heterocycles. The lowest BCUT2D eigenvalue weighted by Gasteiger charge is -2.07. The van der Waals surface area contributed by atoms with Gasteiger partial charge < -0.3 is 4.74 Å². The summed E-state index contributed by atoms with van der Waals surface area (Å²) < 4.78 is 5.85. The molecule has 0 fully saturated rings. The Balaban J connectivity index is 1.55. The Hall–Kier alpha value is -1.90. The van der Waals surface area contributed by atoms with Crippen LogP contribution in [0, 0.1) is 0 Å². The summed E-state index contributed by atoms with van der Waals surface area (Å²) in [5.41, 5.74) is 2.48. The third kappa shape index (κ3) is 12.8. The number of ether oxygens (including phenoxy) is 1. The second-order valence-electron chi connectivity index (χ2n) is 9.49. The molecule has 2 rings (SSSR count). The predicted octanol–water partition coefficient (Wildman–Crippen LogP) is 9.35. The molecule has 0 N–H and O–H groups in total. The number of hydrogen-bond acceptors (Lipinski definition) is 3. The number of rotatable bonds is 20. The minimum atomic E-state index is 0.757. The summed E-state index contributed by atoms with van der Waals surface area (Å²) in [6, 6.07) is 8.72. The van der Waals surface area contributed by atoms with Crippen LogP contribution < -0.4 is 4.74 Å². The lowest BCUT2D eigenvalue weighted by molar-refractivity contribution is 0.302. The number of nitrogens with zero attached hydrogens (tertiary/aromatic N) is 2. The van der Waals surface area contributed by atoms with E-state index in [9.17, 15) is 0 Å². The van der Waals surface area contributed by atoms with Gasteiger partial charge in [-0.05, 0) is 24.8 Å². The van der Waals surface area contributed by atoms with Crippen LogP contribution in [0.3, 0.4) is 0 Å². The molecule has 184 valence electrons. The molecule has 1 aromatic heterocycles. The number of hydrogen-bond donors (Lipinski definition) is 0. The highest BCUT2D eigenvalue weighted by Crippen LogP contribution is 2.19. The maximum Gasteiger partial charge on any atom is 0.159 e. The van der Waals surface area contributed by atoms with E-state index in [0.717, 1.165) is 36.6 Å². The largest absolute Gasteiger partial charge is 0.490 e. The van der Waals surface area contributed by atoms with Gasteiger partial charge in [0.05, 0.1) is 19.0 Å². The van der Waals surface area contributed by atoms with Gasteiger partial charge in [0.25, 0.3) is 0 Å². The van der Waals surface area contributed by atoms with Crippen LogP contribution in [0.1, 0.15) is 122 Å². The van der Waals surface area contributed by atoms with Gasteiger partial charge in [0.2, 0.25) is 0 Å². The smallest absolute Gasteiger partial charge is 0.159 e. The first kappa shape index (κ1) is 27.3. The van der Waals surface area contributed by atoms with Crippen molar-refractivity contribution in [1.82, 2.24) is 9.97 Å². The Morgan fingerprint density at radius 3 is 1.61 bits per heavy atom. The van der Waals surface area contributed by atoms with E-state index >= 15 is 0 Å². The van der Waals surface area contributed by atoms with Gasteiger partial charge in [-0.25, -0.2) is 9.97 Å².